The molecule has 138 valence electrons. The zero-order chi connectivity index (χ0) is 19.0. The summed E-state index contributed by atoms with van der Waals surface area (Å²) >= 11 is 0. The minimum atomic E-state index is -1.19. The number of aromatic nitrogens is 4. The number of carboxylic acid groups (broad SMARTS) is 1. The van der Waals surface area contributed by atoms with E-state index in [1.807, 2.05) is 6.92 Å². The third kappa shape index (κ3) is 3.57. The Balaban J connectivity index is 1.54. The lowest BCUT2D eigenvalue weighted by molar-refractivity contribution is 0.0663. The maximum absolute atomic E-state index is 12.3. The number of H-pyrrole nitrogens is 1. The largest absolute Gasteiger partial charge is 0.475 e. The third-order valence-corrected chi connectivity index (χ3v) is 4.47. The van der Waals surface area contributed by atoms with Gasteiger partial charge in [0, 0.05) is 17.2 Å². The minimum Gasteiger partial charge on any atom is -0.475 e. The van der Waals surface area contributed by atoms with E-state index in [4.69, 9.17) is 9.52 Å². The highest BCUT2D eigenvalue weighted by Gasteiger charge is 2.29. The second kappa shape index (κ2) is 6.67. The zero-order valence-corrected chi connectivity index (χ0v) is 14.5. The van der Waals surface area contributed by atoms with E-state index in [0.717, 1.165) is 19.0 Å². The SMILES string of the molecule is C[C@H](NC(=O)c1nc(-c2cccc(-c3ncc(C(=O)O)o3)c2)n[nH]1)C1CC1. The van der Waals surface area contributed by atoms with Crippen molar-refractivity contribution in [3.63, 3.8) is 0 Å². The van der Waals surface area contributed by atoms with Gasteiger partial charge in [-0.3, -0.25) is 9.89 Å². The third-order valence-electron chi connectivity index (χ3n) is 4.47. The molecule has 4 rings (SSSR count). The van der Waals surface area contributed by atoms with Crippen LogP contribution in [0.3, 0.4) is 0 Å². The Labute approximate surface area is 153 Å². The van der Waals surface area contributed by atoms with Crippen molar-refractivity contribution in [3.8, 4) is 22.8 Å². The van der Waals surface area contributed by atoms with Gasteiger partial charge < -0.3 is 14.8 Å². The Bertz CT molecular complexity index is 1000. The first-order valence-corrected chi connectivity index (χ1v) is 8.54. The van der Waals surface area contributed by atoms with Gasteiger partial charge in [0.1, 0.15) is 0 Å². The van der Waals surface area contributed by atoms with Crippen molar-refractivity contribution >= 4 is 11.9 Å². The van der Waals surface area contributed by atoms with Crippen molar-refractivity contribution in [3.05, 3.63) is 42.0 Å². The van der Waals surface area contributed by atoms with Gasteiger partial charge in [0.05, 0.1) is 6.20 Å². The summed E-state index contributed by atoms with van der Waals surface area (Å²) in [7, 11) is 0. The number of nitrogens with zero attached hydrogens (tertiary/aromatic N) is 3. The molecule has 9 heteroatoms. The van der Waals surface area contributed by atoms with Crippen molar-refractivity contribution < 1.29 is 19.1 Å². The molecule has 0 saturated heterocycles. The lowest BCUT2D eigenvalue weighted by atomic mass is 10.1. The number of carbonyl (C=O) groups excluding carboxylic acids is 1. The molecule has 2 heterocycles. The summed E-state index contributed by atoms with van der Waals surface area (Å²) in [4.78, 5) is 31.4. The number of oxazole rings is 1. The number of carbonyl (C=O) groups is 2. The number of rotatable bonds is 6. The Morgan fingerprint density at radius 3 is 2.81 bits per heavy atom. The monoisotopic (exact) mass is 367 g/mol. The van der Waals surface area contributed by atoms with Crippen LogP contribution in [0.25, 0.3) is 22.8 Å². The van der Waals surface area contributed by atoms with Crippen LogP contribution in [0.2, 0.25) is 0 Å². The van der Waals surface area contributed by atoms with Crippen LogP contribution in [0.4, 0.5) is 0 Å². The van der Waals surface area contributed by atoms with Gasteiger partial charge in [0.2, 0.25) is 17.5 Å². The highest BCUT2D eigenvalue weighted by atomic mass is 16.4. The molecule has 3 N–H and O–H groups in total. The van der Waals surface area contributed by atoms with Crippen molar-refractivity contribution in [2.45, 2.75) is 25.8 Å². The van der Waals surface area contributed by atoms with E-state index in [1.165, 1.54) is 0 Å². The number of carboxylic acids is 1. The molecule has 0 aliphatic heterocycles. The lowest BCUT2D eigenvalue weighted by Crippen LogP contribution is -2.34. The first-order chi connectivity index (χ1) is 13.0. The first-order valence-electron chi connectivity index (χ1n) is 8.54. The molecule has 1 aliphatic carbocycles. The summed E-state index contributed by atoms with van der Waals surface area (Å²) in [5.41, 5.74) is 1.23. The molecule has 9 nitrogen and oxygen atoms in total. The second-order valence-corrected chi connectivity index (χ2v) is 6.52. The van der Waals surface area contributed by atoms with Crippen LogP contribution in [-0.2, 0) is 0 Å². The van der Waals surface area contributed by atoms with Gasteiger partial charge in [0.25, 0.3) is 5.91 Å². The topological polar surface area (TPSA) is 134 Å². The van der Waals surface area contributed by atoms with Crippen molar-refractivity contribution in [1.82, 2.24) is 25.5 Å². The summed E-state index contributed by atoms with van der Waals surface area (Å²) in [5.74, 6) is -0.487. The standard InChI is InChI=1S/C18H17N5O4/c1-9(10-5-6-10)20-16(24)15-21-14(22-23-15)11-3-2-4-12(7-11)17-19-8-13(27-17)18(25)26/h2-4,7-10H,5-6H2,1H3,(H,20,24)(H,25,26)(H,21,22,23)/t9-/m0/s1. The van der Waals surface area contributed by atoms with Gasteiger partial charge in [-0.2, -0.15) is 5.10 Å². The average molecular weight is 367 g/mol. The van der Waals surface area contributed by atoms with E-state index >= 15 is 0 Å². The fourth-order valence-electron chi connectivity index (χ4n) is 2.78. The minimum absolute atomic E-state index is 0.114. The number of aromatic amines is 1. The quantitative estimate of drug-likeness (QED) is 0.609. The number of aromatic carboxylic acids is 1. The predicted molar refractivity (Wildman–Crippen MR) is 93.9 cm³/mol. The molecule has 0 radical (unpaired) electrons. The molecular weight excluding hydrogens is 350 g/mol. The smallest absolute Gasteiger partial charge is 0.373 e. The molecule has 0 bridgehead atoms. The molecule has 1 aliphatic rings. The molecule has 2 aromatic heterocycles. The summed E-state index contributed by atoms with van der Waals surface area (Å²) in [6.45, 7) is 1.98. The highest BCUT2D eigenvalue weighted by Crippen LogP contribution is 2.32. The molecule has 1 atom stereocenters. The number of nitrogens with one attached hydrogen (secondary N) is 2. The lowest BCUT2D eigenvalue weighted by Gasteiger charge is -2.10. The summed E-state index contributed by atoms with van der Waals surface area (Å²) in [6.07, 6.45) is 3.43. The van der Waals surface area contributed by atoms with Crippen molar-refractivity contribution in [2.75, 3.05) is 0 Å². The van der Waals surface area contributed by atoms with E-state index in [0.29, 0.717) is 22.9 Å². The average Bonchev–Trinajstić information content (AvgIpc) is 3.20. The van der Waals surface area contributed by atoms with Gasteiger partial charge in [-0.15, -0.1) is 0 Å². The molecule has 27 heavy (non-hydrogen) atoms. The van der Waals surface area contributed by atoms with E-state index in [-0.39, 0.29) is 29.4 Å². The summed E-state index contributed by atoms with van der Waals surface area (Å²) < 4.78 is 5.21. The van der Waals surface area contributed by atoms with Gasteiger partial charge in [-0.25, -0.2) is 14.8 Å². The number of hydrogen-bond acceptors (Lipinski definition) is 6. The Kier molecular flexibility index (Phi) is 4.19. The predicted octanol–water partition coefficient (Wildman–Crippen LogP) is 2.35. The molecular formula is C18H17N5O4. The summed E-state index contributed by atoms with van der Waals surface area (Å²) in [5, 5.41) is 18.6. The van der Waals surface area contributed by atoms with Crippen molar-refractivity contribution in [1.29, 1.82) is 0 Å². The van der Waals surface area contributed by atoms with Gasteiger partial charge in [0.15, 0.2) is 5.82 Å². The summed E-state index contributed by atoms with van der Waals surface area (Å²) in [6, 6.07) is 7.10. The van der Waals surface area contributed by atoms with Crippen LogP contribution in [0.15, 0.2) is 34.9 Å². The van der Waals surface area contributed by atoms with E-state index < -0.39 is 5.97 Å². The first kappa shape index (κ1) is 17.0. The Morgan fingerprint density at radius 1 is 1.33 bits per heavy atom. The normalized spacial score (nSPS) is 14.7. The fourth-order valence-corrected chi connectivity index (χ4v) is 2.78. The molecule has 0 unspecified atom stereocenters. The Morgan fingerprint density at radius 2 is 2.11 bits per heavy atom. The van der Waals surface area contributed by atoms with Crippen molar-refractivity contribution in [2.24, 2.45) is 5.92 Å². The van der Waals surface area contributed by atoms with E-state index in [1.54, 1.807) is 24.3 Å². The molecule has 1 fully saturated rings. The van der Waals surface area contributed by atoms with Crippen LogP contribution in [0, 0.1) is 5.92 Å². The number of hydrogen-bond donors (Lipinski definition) is 3. The second-order valence-electron chi connectivity index (χ2n) is 6.52. The van der Waals surface area contributed by atoms with Crippen LogP contribution >= 0.6 is 0 Å². The number of amides is 1. The molecule has 1 aromatic carbocycles. The van der Waals surface area contributed by atoms with Crippen LogP contribution in [-0.4, -0.2) is 43.2 Å². The molecule has 0 spiro atoms. The van der Waals surface area contributed by atoms with Gasteiger partial charge >= 0.3 is 5.97 Å². The molecule has 1 amide bonds. The highest BCUT2D eigenvalue weighted by molar-refractivity contribution is 5.91. The van der Waals surface area contributed by atoms with Crippen LogP contribution < -0.4 is 5.32 Å². The zero-order valence-electron chi connectivity index (χ0n) is 14.5. The number of benzene rings is 1. The molecule has 3 aromatic rings. The van der Waals surface area contributed by atoms with Crippen LogP contribution in [0.5, 0.6) is 0 Å². The fraction of sp³-hybridized carbons (Fsp3) is 0.278. The van der Waals surface area contributed by atoms with E-state index in [2.05, 4.69) is 25.5 Å². The maximum Gasteiger partial charge on any atom is 0.373 e. The van der Waals surface area contributed by atoms with Gasteiger partial charge in [-0.05, 0) is 37.8 Å². The van der Waals surface area contributed by atoms with Gasteiger partial charge in [-0.1, -0.05) is 12.1 Å². The molecule has 1 saturated carbocycles. The Hall–Kier alpha value is -3.49. The van der Waals surface area contributed by atoms with Crippen LogP contribution in [0.1, 0.15) is 40.9 Å². The van der Waals surface area contributed by atoms with E-state index in [9.17, 15) is 9.59 Å². The maximum atomic E-state index is 12.3.